The lowest BCUT2D eigenvalue weighted by molar-refractivity contribution is -0.0663. The van der Waals surface area contributed by atoms with E-state index in [1.165, 1.54) is 32.1 Å². The van der Waals surface area contributed by atoms with Crippen LogP contribution in [0.25, 0.3) is 0 Å². The second-order valence-corrected chi connectivity index (χ2v) is 4.65. The minimum absolute atomic E-state index is 0.183. The molecule has 0 radical (unpaired) electrons. The van der Waals surface area contributed by atoms with Gasteiger partial charge in [0.2, 0.25) is 0 Å². The van der Waals surface area contributed by atoms with Gasteiger partial charge >= 0.3 is 5.95 Å². The average Bonchev–Trinajstić information content (AvgIpc) is 2.46. The molecule has 0 aromatic carbocycles. The van der Waals surface area contributed by atoms with Crippen LogP contribution in [0.3, 0.4) is 0 Å². The molecule has 0 aliphatic rings. The molecule has 0 bridgehead atoms. The Morgan fingerprint density at radius 2 is 1.40 bits per heavy atom. The van der Waals surface area contributed by atoms with Gasteiger partial charge in [-0.3, -0.25) is 0 Å². The highest BCUT2D eigenvalue weighted by molar-refractivity contribution is 4.95. The van der Waals surface area contributed by atoms with Crippen LogP contribution in [0.15, 0.2) is 11.7 Å². The molecule has 0 unspecified atom stereocenters. The number of allylic oxidation sites excluding steroid dienone is 1. The van der Waals surface area contributed by atoms with Crippen LogP contribution in [0, 0.1) is 0 Å². The fraction of sp³-hybridized carbons (Fsp3) is 0.875. The van der Waals surface area contributed by atoms with Crippen molar-refractivity contribution in [2.24, 2.45) is 0 Å². The van der Waals surface area contributed by atoms with Crippen LogP contribution in [-0.4, -0.2) is 27.1 Å². The highest BCUT2D eigenvalue weighted by Crippen LogP contribution is 2.18. The number of methoxy groups -OCH3 is 1. The topological polar surface area (TPSA) is 36.9 Å². The van der Waals surface area contributed by atoms with Gasteiger partial charge in [0.1, 0.15) is 0 Å². The van der Waals surface area contributed by atoms with Crippen LogP contribution in [-0.2, 0) is 18.9 Å². The third-order valence-electron chi connectivity index (χ3n) is 2.89. The molecule has 0 fully saturated rings. The standard InChI is InChI=1S/C16H32O4/c1-5-8-9-10-11-12-13-15(18-6-2)16(19-7-3)20-14-17-4/h5-14H2,1-4H3. The monoisotopic (exact) mass is 288 g/mol. The van der Waals surface area contributed by atoms with Gasteiger partial charge in [-0.2, -0.15) is 0 Å². The van der Waals surface area contributed by atoms with Crippen LogP contribution in [0.2, 0.25) is 0 Å². The first-order valence-corrected chi connectivity index (χ1v) is 7.90. The molecule has 0 rings (SSSR count). The van der Waals surface area contributed by atoms with Crippen molar-refractivity contribution in [1.82, 2.24) is 0 Å². The Labute approximate surface area is 124 Å². The number of unbranched alkanes of at least 4 members (excludes halogenated alkanes) is 5. The first-order chi connectivity index (χ1) is 9.79. The van der Waals surface area contributed by atoms with Gasteiger partial charge in [0.15, 0.2) is 12.6 Å². The Morgan fingerprint density at radius 1 is 0.750 bits per heavy atom. The van der Waals surface area contributed by atoms with Gasteiger partial charge in [-0.1, -0.05) is 39.0 Å². The van der Waals surface area contributed by atoms with Crippen LogP contribution in [0.4, 0.5) is 0 Å². The second kappa shape index (κ2) is 14.5. The van der Waals surface area contributed by atoms with Crippen molar-refractivity contribution in [2.75, 3.05) is 27.1 Å². The molecule has 0 heterocycles. The van der Waals surface area contributed by atoms with E-state index >= 15 is 0 Å². The molecule has 0 N–H and O–H groups in total. The summed E-state index contributed by atoms with van der Waals surface area (Å²) in [7, 11) is 1.59. The van der Waals surface area contributed by atoms with Crippen molar-refractivity contribution >= 4 is 0 Å². The van der Waals surface area contributed by atoms with E-state index in [1.54, 1.807) is 7.11 Å². The smallest absolute Gasteiger partial charge is 0.321 e. The number of rotatable bonds is 14. The molecule has 4 nitrogen and oxygen atoms in total. The molecular formula is C16H32O4. The lowest BCUT2D eigenvalue weighted by Gasteiger charge is -2.16. The zero-order valence-electron chi connectivity index (χ0n) is 13.7. The molecule has 20 heavy (non-hydrogen) atoms. The van der Waals surface area contributed by atoms with Gasteiger partial charge in [-0.05, 0) is 20.3 Å². The minimum Gasteiger partial charge on any atom is -0.491 e. The van der Waals surface area contributed by atoms with Gasteiger partial charge in [0.25, 0.3) is 0 Å². The molecule has 0 aliphatic carbocycles. The maximum atomic E-state index is 5.66. The van der Waals surface area contributed by atoms with Crippen molar-refractivity contribution < 1.29 is 18.9 Å². The Kier molecular flexibility index (Phi) is 13.9. The third kappa shape index (κ3) is 9.96. The molecule has 0 saturated heterocycles. The van der Waals surface area contributed by atoms with E-state index in [1.807, 2.05) is 13.8 Å². The molecular weight excluding hydrogens is 256 g/mol. The summed E-state index contributed by atoms with van der Waals surface area (Å²) < 4.78 is 21.5. The zero-order valence-corrected chi connectivity index (χ0v) is 13.7. The molecule has 0 aromatic rings. The summed E-state index contributed by atoms with van der Waals surface area (Å²) in [6.45, 7) is 7.51. The van der Waals surface area contributed by atoms with Crippen molar-refractivity contribution in [3.8, 4) is 0 Å². The summed E-state index contributed by atoms with van der Waals surface area (Å²) in [6.07, 6.45) is 8.41. The molecule has 4 heteroatoms. The van der Waals surface area contributed by atoms with Crippen molar-refractivity contribution in [3.63, 3.8) is 0 Å². The van der Waals surface area contributed by atoms with Crippen molar-refractivity contribution in [1.29, 1.82) is 0 Å². The predicted molar refractivity (Wildman–Crippen MR) is 81.2 cm³/mol. The maximum absolute atomic E-state index is 5.66. The van der Waals surface area contributed by atoms with Gasteiger partial charge < -0.3 is 18.9 Å². The van der Waals surface area contributed by atoms with Gasteiger partial charge in [0, 0.05) is 13.5 Å². The Hall–Kier alpha value is -0.900. The minimum atomic E-state index is 0.183. The van der Waals surface area contributed by atoms with Crippen molar-refractivity contribution in [3.05, 3.63) is 11.7 Å². The van der Waals surface area contributed by atoms with E-state index in [-0.39, 0.29) is 6.79 Å². The summed E-state index contributed by atoms with van der Waals surface area (Å²) in [5.74, 6) is 1.28. The van der Waals surface area contributed by atoms with Gasteiger partial charge in [0.05, 0.1) is 13.2 Å². The third-order valence-corrected chi connectivity index (χ3v) is 2.89. The van der Waals surface area contributed by atoms with Crippen LogP contribution >= 0.6 is 0 Å². The summed E-state index contributed by atoms with van der Waals surface area (Å²) >= 11 is 0. The van der Waals surface area contributed by atoms with Crippen LogP contribution in [0.5, 0.6) is 0 Å². The number of hydrogen-bond donors (Lipinski definition) is 0. The Bertz CT molecular complexity index is 239. The lowest BCUT2D eigenvalue weighted by Crippen LogP contribution is -2.07. The zero-order chi connectivity index (χ0) is 15.1. The first kappa shape index (κ1) is 19.1. The predicted octanol–water partition coefficient (Wildman–Crippen LogP) is 4.60. The molecule has 0 atom stereocenters. The quantitative estimate of drug-likeness (QED) is 0.266. The maximum Gasteiger partial charge on any atom is 0.321 e. The SMILES string of the molecule is CCCCCCCCC(OCC)=C(OCC)OCOC. The van der Waals surface area contributed by atoms with Crippen LogP contribution < -0.4 is 0 Å². The summed E-state index contributed by atoms with van der Waals surface area (Å²) in [6, 6.07) is 0. The fourth-order valence-electron chi connectivity index (χ4n) is 1.92. The van der Waals surface area contributed by atoms with E-state index in [9.17, 15) is 0 Å². The highest BCUT2D eigenvalue weighted by atomic mass is 16.7. The first-order valence-electron chi connectivity index (χ1n) is 7.90. The normalized spacial score (nSPS) is 12.0. The summed E-state index contributed by atoms with van der Waals surface area (Å²) in [5, 5.41) is 0. The van der Waals surface area contributed by atoms with Gasteiger partial charge in [-0.15, -0.1) is 0 Å². The molecule has 120 valence electrons. The second-order valence-electron chi connectivity index (χ2n) is 4.65. The molecule has 0 aromatic heterocycles. The number of ether oxygens (including phenoxy) is 4. The van der Waals surface area contributed by atoms with E-state index < -0.39 is 0 Å². The molecule has 0 spiro atoms. The molecule has 0 saturated carbocycles. The Morgan fingerprint density at radius 3 is 2.00 bits per heavy atom. The summed E-state index contributed by atoms with van der Waals surface area (Å²) in [5.41, 5.74) is 0. The molecule has 0 aliphatic heterocycles. The molecule has 0 amide bonds. The fourth-order valence-corrected chi connectivity index (χ4v) is 1.92. The van der Waals surface area contributed by atoms with Crippen LogP contribution in [0.1, 0.15) is 65.7 Å². The van der Waals surface area contributed by atoms with Crippen molar-refractivity contribution in [2.45, 2.75) is 65.7 Å². The summed E-state index contributed by atoms with van der Waals surface area (Å²) in [4.78, 5) is 0. The number of hydrogen-bond acceptors (Lipinski definition) is 4. The van der Waals surface area contributed by atoms with E-state index in [2.05, 4.69) is 6.92 Å². The van der Waals surface area contributed by atoms with E-state index in [4.69, 9.17) is 18.9 Å². The largest absolute Gasteiger partial charge is 0.491 e. The van der Waals surface area contributed by atoms with Gasteiger partial charge in [-0.25, -0.2) is 0 Å². The Balaban J connectivity index is 4.24. The van der Waals surface area contributed by atoms with E-state index in [0.29, 0.717) is 19.2 Å². The van der Waals surface area contributed by atoms with E-state index in [0.717, 1.165) is 18.6 Å². The average molecular weight is 288 g/mol. The highest BCUT2D eigenvalue weighted by Gasteiger charge is 2.11. The lowest BCUT2D eigenvalue weighted by atomic mass is 10.1.